The number of nitrogens with two attached hydrogens (primary N) is 1. The number of anilines is 1. The minimum atomic E-state index is 0. The first kappa shape index (κ1) is 19.5. The number of hydrogen-bond acceptors (Lipinski definition) is 3. The highest BCUT2D eigenvalue weighted by Crippen LogP contribution is 2.23. The van der Waals surface area contributed by atoms with E-state index in [4.69, 9.17) is 10.3 Å². The monoisotopic (exact) mass is 428 g/mol. The number of nitrogens with one attached hydrogen (secondary N) is 1. The summed E-state index contributed by atoms with van der Waals surface area (Å²) in [7, 11) is 0. The van der Waals surface area contributed by atoms with E-state index in [1.807, 2.05) is 19.9 Å². The highest BCUT2D eigenvalue weighted by molar-refractivity contribution is 14.0. The largest absolute Gasteiger partial charge is 0.370 e. The summed E-state index contributed by atoms with van der Waals surface area (Å²) in [6, 6.07) is 6.13. The van der Waals surface area contributed by atoms with Crippen molar-refractivity contribution in [3.8, 4) is 0 Å². The van der Waals surface area contributed by atoms with Gasteiger partial charge in [-0.15, -0.1) is 24.0 Å². The molecule has 1 unspecified atom stereocenters. The van der Waals surface area contributed by atoms with Gasteiger partial charge in [-0.1, -0.05) is 18.1 Å². The maximum atomic E-state index is 5.97. The zero-order valence-electron chi connectivity index (χ0n) is 14.3. The molecule has 2 aromatic rings. The molecule has 0 fully saturated rings. The Morgan fingerprint density at radius 3 is 2.52 bits per heavy atom. The van der Waals surface area contributed by atoms with Gasteiger partial charge in [-0.3, -0.25) is 4.99 Å². The predicted octanol–water partition coefficient (Wildman–Crippen LogP) is 4.06. The Morgan fingerprint density at radius 2 is 1.96 bits per heavy atom. The fourth-order valence-electron chi connectivity index (χ4n) is 2.53. The Balaban J connectivity index is 0.00000264. The standard InChI is InChI=1S/C17H24N4O.HI/c1-10-6-7-15(8-11(10)2)20-17(18)19-9-12(3)16-13(4)21-22-14(16)5;/h6-8,12H,9H2,1-5H3,(H3,18,19,20);1H. The predicted molar refractivity (Wildman–Crippen MR) is 106 cm³/mol. The number of hydrogen-bond donors (Lipinski definition) is 2. The van der Waals surface area contributed by atoms with Gasteiger partial charge in [0.25, 0.3) is 0 Å². The Bertz CT molecular complexity index is 674. The molecule has 1 aromatic heterocycles. The van der Waals surface area contributed by atoms with Crippen LogP contribution in [-0.4, -0.2) is 17.7 Å². The van der Waals surface area contributed by atoms with Gasteiger partial charge in [0.1, 0.15) is 5.76 Å². The molecule has 0 amide bonds. The third kappa shape index (κ3) is 4.95. The lowest BCUT2D eigenvalue weighted by atomic mass is 10.00. The summed E-state index contributed by atoms with van der Waals surface area (Å²) in [6.07, 6.45) is 0. The Labute approximate surface area is 154 Å². The molecule has 1 aromatic carbocycles. The highest BCUT2D eigenvalue weighted by atomic mass is 127. The van der Waals surface area contributed by atoms with E-state index in [0.717, 1.165) is 22.7 Å². The van der Waals surface area contributed by atoms with Gasteiger partial charge in [-0.05, 0) is 51.0 Å². The lowest BCUT2D eigenvalue weighted by Gasteiger charge is -2.11. The molecule has 2 rings (SSSR count). The van der Waals surface area contributed by atoms with Crippen LogP contribution in [0.4, 0.5) is 5.69 Å². The van der Waals surface area contributed by atoms with Crippen LogP contribution in [0.1, 0.15) is 41.0 Å². The van der Waals surface area contributed by atoms with Gasteiger partial charge in [0, 0.05) is 23.7 Å². The number of halogens is 1. The average molecular weight is 428 g/mol. The summed E-state index contributed by atoms with van der Waals surface area (Å²) in [5, 5.41) is 7.11. The van der Waals surface area contributed by atoms with Crippen molar-refractivity contribution >= 4 is 35.6 Å². The molecule has 0 aliphatic carbocycles. The maximum absolute atomic E-state index is 5.97. The van der Waals surface area contributed by atoms with Gasteiger partial charge in [0.2, 0.25) is 0 Å². The second-order valence-corrected chi connectivity index (χ2v) is 5.79. The van der Waals surface area contributed by atoms with Crippen LogP contribution in [-0.2, 0) is 0 Å². The van der Waals surface area contributed by atoms with Gasteiger partial charge < -0.3 is 15.6 Å². The van der Waals surface area contributed by atoms with Gasteiger partial charge in [0.15, 0.2) is 5.96 Å². The topological polar surface area (TPSA) is 76.4 Å². The molecule has 0 saturated heterocycles. The zero-order valence-corrected chi connectivity index (χ0v) is 16.6. The van der Waals surface area contributed by atoms with E-state index in [1.54, 1.807) is 0 Å². The van der Waals surface area contributed by atoms with Crippen LogP contribution >= 0.6 is 24.0 Å². The van der Waals surface area contributed by atoms with Crippen molar-refractivity contribution in [1.82, 2.24) is 5.16 Å². The molecular weight excluding hydrogens is 403 g/mol. The van der Waals surface area contributed by atoms with Crippen LogP contribution in [0.5, 0.6) is 0 Å². The van der Waals surface area contributed by atoms with Crippen molar-refractivity contribution in [1.29, 1.82) is 0 Å². The van der Waals surface area contributed by atoms with Crippen LogP contribution in [0.15, 0.2) is 27.7 Å². The van der Waals surface area contributed by atoms with Gasteiger partial charge in [0.05, 0.1) is 5.69 Å². The number of guanidine groups is 1. The van der Waals surface area contributed by atoms with Crippen LogP contribution in [0.25, 0.3) is 0 Å². The van der Waals surface area contributed by atoms with Crippen LogP contribution in [0, 0.1) is 27.7 Å². The highest BCUT2D eigenvalue weighted by Gasteiger charge is 2.15. The molecule has 0 saturated carbocycles. The number of aromatic nitrogens is 1. The van der Waals surface area contributed by atoms with E-state index in [1.165, 1.54) is 11.1 Å². The zero-order chi connectivity index (χ0) is 16.3. The first-order valence-electron chi connectivity index (χ1n) is 7.45. The normalized spacial score (nSPS) is 12.7. The minimum Gasteiger partial charge on any atom is -0.370 e. The van der Waals surface area contributed by atoms with Gasteiger partial charge in [-0.25, -0.2) is 0 Å². The smallest absolute Gasteiger partial charge is 0.193 e. The SMILES string of the molecule is Cc1ccc(NC(N)=NCC(C)c2c(C)noc2C)cc1C.I. The fourth-order valence-corrected chi connectivity index (χ4v) is 2.53. The number of aryl methyl sites for hydroxylation is 4. The Morgan fingerprint density at radius 1 is 1.26 bits per heavy atom. The van der Waals surface area contributed by atoms with E-state index < -0.39 is 0 Å². The summed E-state index contributed by atoms with van der Waals surface area (Å²) in [6.45, 7) is 10.7. The first-order chi connectivity index (χ1) is 10.4. The van der Waals surface area contributed by atoms with Crippen LogP contribution < -0.4 is 11.1 Å². The molecule has 5 nitrogen and oxygen atoms in total. The average Bonchev–Trinajstić information content (AvgIpc) is 2.80. The van der Waals surface area contributed by atoms with Gasteiger partial charge in [-0.2, -0.15) is 0 Å². The lowest BCUT2D eigenvalue weighted by molar-refractivity contribution is 0.391. The molecule has 0 radical (unpaired) electrons. The third-order valence-electron chi connectivity index (χ3n) is 3.90. The van der Waals surface area contributed by atoms with E-state index >= 15 is 0 Å². The molecule has 0 aliphatic rings. The molecule has 1 atom stereocenters. The quantitative estimate of drug-likeness (QED) is 0.438. The summed E-state index contributed by atoms with van der Waals surface area (Å²) in [5.74, 6) is 1.48. The van der Waals surface area contributed by atoms with Crippen LogP contribution in [0.2, 0.25) is 0 Å². The molecule has 0 bridgehead atoms. The molecule has 1 heterocycles. The van der Waals surface area contributed by atoms with Crippen molar-refractivity contribution in [2.45, 2.75) is 40.5 Å². The van der Waals surface area contributed by atoms with Crippen molar-refractivity contribution in [2.24, 2.45) is 10.7 Å². The molecular formula is C17H25IN4O. The van der Waals surface area contributed by atoms with E-state index in [2.05, 4.69) is 48.4 Å². The number of rotatable bonds is 4. The van der Waals surface area contributed by atoms with Crippen molar-refractivity contribution in [2.75, 3.05) is 11.9 Å². The first-order valence-corrected chi connectivity index (χ1v) is 7.45. The maximum Gasteiger partial charge on any atom is 0.193 e. The molecule has 23 heavy (non-hydrogen) atoms. The molecule has 3 N–H and O–H groups in total. The van der Waals surface area contributed by atoms with E-state index in [9.17, 15) is 0 Å². The van der Waals surface area contributed by atoms with Crippen molar-refractivity contribution in [3.63, 3.8) is 0 Å². The van der Waals surface area contributed by atoms with E-state index in [0.29, 0.717) is 12.5 Å². The van der Waals surface area contributed by atoms with Crippen molar-refractivity contribution < 1.29 is 4.52 Å². The summed E-state index contributed by atoms with van der Waals surface area (Å²) < 4.78 is 5.20. The van der Waals surface area contributed by atoms with Gasteiger partial charge >= 0.3 is 0 Å². The second-order valence-electron chi connectivity index (χ2n) is 5.79. The van der Waals surface area contributed by atoms with E-state index in [-0.39, 0.29) is 29.9 Å². The lowest BCUT2D eigenvalue weighted by Crippen LogP contribution is -2.23. The molecule has 0 spiro atoms. The summed E-state index contributed by atoms with van der Waals surface area (Å²) >= 11 is 0. The van der Waals surface area contributed by atoms with Crippen molar-refractivity contribution in [3.05, 3.63) is 46.3 Å². The third-order valence-corrected chi connectivity index (χ3v) is 3.90. The second kappa shape index (κ2) is 8.33. The summed E-state index contributed by atoms with van der Waals surface area (Å²) in [5.41, 5.74) is 11.4. The fraction of sp³-hybridized carbons (Fsp3) is 0.412. The Kier molecular flexibility index (Phi) is 7.05. The number of aliphatic imine (C=N–C) groups is 1. The molecule has 0 aliphatic heterocycles. The molecule has 6 heteroatoms. The number of benzene rings is 1. The van der Waals surface area contributed by atoms with Crippen LogP contribution in [0.3, 0.4) is 0 Å². The number of nitrogens with zero attached hydrogens (tertiary/aromatic N) is 2. The minimum absolute atomic E-state index is 0. The Hall–Kier alpha value is -1.57. The molecule has 126 valence electrons. The summed E-state index contributed by atoms with van der Waals surface area (Å²) in [4.78, 5) is 4.42.